The van der Waals surface area contributed by atoms with Crippen molar-refractivity contribution in [3.8, 4) is 0 Å². The lowest BCUT2D eigenvalue weighted by Crippen LogP contribution is -2.12. The lowest BCUT2D eigenvalue weighted by molar-refractivity contribution is -0.104. The van der Waals surface area contributed by atoms with Crippen LogP contribution >= 0.6 is 0 Å². The molecule has 1 heterocycles. The number of rotatable bonds is 1. The molecular weight excluding hydrogens is 166 g/mol. The highest BCUT2D eigenvalue weighted by Crippen LogP contribution is 2.22. The molecule has 0 bridgehead atoms. The number of nitrogens with one attached hydrogen (secondary N) is 1. The summed E-state index contributed by atoms with van der Waals surface area (Å²) in [6, 6.07) is 7.17. The van der Waals surface area contributed by atoms with Crippen molar-refractivity contribution in [1.82, 2.24) is 5.32 Å². The lowest BCUT2D eigenvalue weighted by Gasteiger charge is -1.94. The average molecular weight is 173 g/mol. The first-order valence-corrected chi connectivity index (χ1v) is 3.89. The molecule has 13 heavy (non-hydrogen) atoms. The summed E-state index contributed by atoms with van der Waals surface area (Å²) in [6.07, 6.45) is 2.02. The van der Waals surface area contributed by atoms with Crippen molar-refractivity contribution in [1.29, 1.82) is 0 Å². The van der Waals surface area contributed by atoms with Gasteiger partial charge in [0.1, 0.15) is 6.29 Å². The van der Waals surface area contributed by atoms with Gasteiger partial charge in [-0.25, -0.2) is 0 Å². The minimum absolute atomic E-state index is 0.149. The minimum Gasteiger partial charge on any atom is -0.321 e. The normalized spacial score (nSPS) is 16.9. The Balaban J connectivity index is 2.59. The molecule has 1 aromatic rings. The van der Waals surface area contributed by atoms with Gasteiger partial charge in [0.25, 0.3) is 5.91 Å². The summed E-state index contributed by atoms with van der Waals surface area (Å²) in [6.45, 7) is 0. The molecule has 0 spiro atoms. The van der Waals surface area contributed by atoms with Crippen molar-refractivity contribution in [2.24, 2.45) is 0 Å². The zero-order valence-corrected chi connectivity index (χ0v) is 6.78. The number of amides is 1. The van der Waals surface area contributed by atoms with Crippen molar-refractivity contribution < 1.29 is 9.59 Å². The maximum atomic E-state index is 11.3. The number of aldehydes is 1. The third-order valence-corrected chi connectivity index (χ3v) is 1.94. The van der Waals surface area contributed by atoms with Crippen LogP contribution in [0.4, 0.5) is 0 Å². The number of hydrogen-bond acceptors (Lipinski definition) is 2. The molecule has 0 aliphatic carbocycles. The molecule has 0 saturated carbocycles. The van der Waals surface area contributed by atoms with E-state index < -0.39 is 0 Å². The molecule has 3 heteroatoms. The largest absolute Gasteiger partial charge is 0.321 e. The maximum absolute atomic E-state index is 11.3. The van der Waals surface area contributed by atoms with Crippen molar-refractivity contribution in [3.63, 3.8) is 0 Å². The summed E-state index contributed by atoms with van der Waals surface area (Å²) in [5.74, 6) is -0.149. The van der Waals surface area contributed by atoms with Crippen LogP contribution in [-0.2, 0) is 4.79 Å². The van der Waals surface area contributed by atoms with Gasteiger partial charge in [-0.05, 0) is 6.07 Å². The van der Waals surface area contributed by atoms with Crippen LogP contribution in [0, 0.1) is 0 Å². The zero-order valence-electron chi connectivity index (χ0n) is 6.78. The fourth-order valence-electron chi connectivity index (χ4n) is 1.37. The second-order valence-corrected chi connectivity index (χ2v) is 2.72. The number of hydrogen-bond donors (Lipinski definition) is 1. The van der Waals surface area contributed by atoms with E-state index in [-0.39, 0.29) is 5.91 Å². The summed E-state index contributed by atoms with van der Waals surface area (Å²) in [5.41, 5.74) is 1.99. The summed E-state index contributed by atoms with van der Waals surface area (Å²) >= 11 is 0. The van der Waals surface area contributed by atoms with Gasteiger partial charge in [-0.3, -0.25) is 9.59 Å². The first-order valence-electron chi connectivity index (χ1n) is 3.89. The Hall–Kier alpha value is -1.90. The van der Waals surface area contributed by atoms with Crippen molar-refractivity contribution in [2.45, 2.75) is 0 Å². The minimum atomic E-state index is -0.149. The molecule has 1 aliphatic rings. The van der Waals surface area contributed by atoms with E-state index in [0.29, 0.717) is 17.5 Å². The Morgan fingerprint density at radius 1 is 1.15 bits per heavy atom. The molecule has 0 saturated heterocycles. The third-order valence-electron chi connectivity index (χ3n) is 1.94. The fourth-order valence-corrected chi connectivity index (χ4v) is 1.37. The van der Waals surface area contributed by atoms with Crippen LogP contribution in [0.25, 0.3) is 5.70 Å². The molecule has 0 atom stereocenters. The molecule has 3 nitrogen and oxygen atoms in total. The SMILES string of the molecule is O=C/C=C1/NC(=O)c2ccccc21. The molecular formula is C10H7NO2. The summed E-state index contributed by atoms with van der Waals surface area (Å²) in [5, 5.41) is 2.61. The van der Waals surface area contributed by atoms with Gasteiger partial charge in [0.15, 0.2) is 0 Å². The number of carbonyl (C=O) groups is 2. The summed E-state index contributed by atoms with van der Waals surface area (Å²) in [4.78, 5) is 21.5. The van der Waals surface area contributed by atoms with Gasteiger partial charge in [-0.1, -0.05) is 18.2 Å². The Labute approximate surface area is 75.1 Å². The summed E-state index contributed by atoms with van der Waals surface area (Å²) < 4.78 is 0. The molecule has 1 aliphatic heterocycles. The summed E-state index contributed by atoms with van der Waals surface area (Å²) in [7, 11) is 0. The third kappa shape index (κ3) is 1.14. The lowest BCUT2D eigenvalue weighted by atomic mass is 10.1. The van der Waals surface area contributed by atoms with Gasteiger partial charge in [-0.2, -0.15) is 0 Å². The van der Waals surface area contributed by atoms with Crippen LogP contribution < -0.4 is 5.32 Å². The van der Waals surface area contributed by atoms with Crippen LogP contribution in [0.5, 0.6) is 0 Å². The van der Waals surface area contributed by atoms with E-state index in [1.54, 1.807) is 12.1 Å². The van der Waals surface area contributed by atoms with E-state index in [9.17, 15) is 9.59 Å². The van der Waals surface area contributed by atoms with Gasteiger partial charge < -0.3 is 5.32 Å². The Bertz CT molecular complexity index is 407. The van der Waals surface area contributed by atoms with Crippen LogP contribution in [0.15, 0.2) is 30.3 Å². The predicted octanol–water partition coefficient (Wildman–Crippen LogP) is 0.970. The van der Waals surface area contributed by atoms with Gasteiger partial charge >= 0.3 is 0 Å². The van der Waals surface area contributed by atoms with Crippen LogP contribution in [-0.4, -0.2) is 12.2 Å². The quantitative estimate of drug-likeness (QED) is 0.508. The van der Waals surface area contributed by atoms with Gasteiger partial charge in [0, 0.05) is 17.2 Å². The van der Waals surface area contributed by atoms with Gasteiger partial charge in [0.05, 0.1) is 5.70 Å². The molecule has 0 fully saturated rings. The van der Waals surface area contributed by atoms with Gasteiger partial charge in [0.2, 0.25) is 0 Å². The fraction of sp³-hybridized carbons (Fsp3) is 0. The Kier molecular flexibility index (Phi) is 1.70. The predicted molar refractivity (Wildman–Crippen MR) is 47.9 cm³/mol. The molecule has 1 aromatic carbocycles. The number of allylic oxidation sites excluding steroid dienone is 1. The molecule has 2 rings (SSSR count). The van der Waals surface area contributed by atoms with Crippen LogP contribution in [0.1, 0.15) is 15.9 Å². The molecule has 0 aromatic heterocycles. The molecule has 0 unspecified atom stereocenters. The molecule has 1 N–H and O–H groups in total. The zero-order chi connectivity index (χ0) is 9.26. The average Bonchev–Trinajstić information content (AvgIpc) is 2.46. The Morgan fingerprint density at radius 3 is 2.54 bits per heavy atom. The number of carbonyl (C=O) groups excluding carboxylic acids is 2. The van der Waals surface area contributed by atoms with Crippen LogP contribution in [0.2, 0.25) is 0 Å². The molecule has 64 valence electrons. The molecule has 0 radical (unpaired) electrons. The highest BCUT2D eigenvalue weighted by molar-refractivity contribution is 6.10. The second kappa shape index (κ2) is 2.86. The smallest absolute Gasteiger partial charge is 0.256 e. The molecule has 1 amide bonds. The van der Waals surface area contributed by atoms with Crippen molar-refractivity contribution in [2.75, 3.05) is 0 Å². The second-order valence-electron chi connectivity index (χ2n) is 2.72. The van der Waals surface area contributed by atoms with Gasteiger partial charge in [-0.15, -0.1) is 0 Å². The Morgan fingerprint density at radius 2 is 1.85 bits per heavy atom. The first-order chi connectivity index (χ1) is 6.33. The number of benzene rings is 1. The van der Waals surface area contributed by atoms with E-state index in [2.05, 4.69) is 5.32 Å². The van der Waals surface area contributed by atoms with Crippen molar-refractivity contribution in [3.05, 3.63) is 41.5 Å². The van der Waals surface area contributed by atoms with E-state index >= 15 is 0 Å². The first kappa shape index (κ1) is 7.73. The number of fused-ring (bicyclic) bond motifs is 1. The van der Waals surface area contributed by atoms with Crippen molar-refractivity contribution >= 4 is 17.9 Å². The topological polar surface area (TPSA) is 46.2 Å². The van der Waals surface area contributed by atoms with E-state index in [4.69, 9.17) is 0 Å². The highest BCUT2D eigenvalue weighted by atomic mass is 16.2. The standard InChI is InChI=1S/C10H7NO2/c12-6-5-9-7-3-1-2-4-8(7)10(13)11-9/h1-6H,(H,11,13)/b9-5+. The van der Waals surface area contributed by atoms with E-state index in [0.717, 1.165) is 5.56 Å². The van der Waals surface area contributed by atoms with E-state index in [1.807, 2.05) is 12.1 Å². The maximum Gasteiger partial charge on any atom is 0.256 e. The highest BCUT2D eigenvalue weighted by Gasteiger charge is 2.21. The van der Waals surface area contributed by atoms with Crippen LogP contribution in [0.3, 0.4) is 0 Å². The monoisotopic (exact) mass is 173 g/mol. The van der Waals surface area contributed by atoms with E-state index in [1.165, 1.54) is 6.08 Å².